The van der Waals surface area contributed by atoms with Gasteiger partial charge in [-0.3, -0.25) is 4.79 Å². The summed E-state index contributed by atoms with van der Waals surface area (Å²) in [6.07, 6.45) is 1.66. The third kappa shape index (κ3) is 4.27. The van der Waals surface area contributed by atoms with Crippen molar-refractivity contribution in [3.63, 3.8) is 0 Å². The molecule has 4 nitrogen and oxygen atoms in total. The monoisotopic (exact) mass is 336 g/mol. The lowest BCUT2D eigenvalue weighted by Crippen LogP contribution is -2.43. The summed E-state index contributed by atoms with van der Waals surface area (Å²) in [5, 5.41) is 14.8. The van der Waals surface area contributed by atoms with Gasteiger partial charge in [0.2, 0.25) is 5.91 Å². The Kier molecular flexibility index (Phi) is 5.37. The van der Waals surface area contributed by atoms with E-state index in [0.29, 0.717) is 11.6 Å². The number of carbonyl (C=O) groups is 1. The molecule has 0 fully saturated rings. The number of fused-ring (bicyclic) bond motifs is 1. The zero-order chi connectivity index (χ0) is 17.2. The molecule has 0 aliphatic rings. The molecule has 23 heavy (non-hydrogen) atoms. The van der Waals surface area contributed by atoms with Crippen molar-refractivity contribution in [2.24, 2.45) is 11.3 Å². The van der Waals surface area contributed by atoms with E-state index in [1.54, 1.807) is 0 Å². The van der Waals surface area contributed by atoms with Crippen LogP contribution in [0, 0.1) is 11.3 Å². The van der Waals surface area contributed by atoms with Crippen LogP contribution in [0.1, 0.15) is 33.3 Å². The largest absolute Gasteiger partial charge is 0.392 e. The van der Waals surface area contributed by atoms with E-state index in [-0.39, 0.29) is 23.7 Å². The number of hydrogen-bond acceptors (Lipinski definition) is 2. The molecule has 3 N–H and O–H groups in total. The first-order chi connectivity index (χ1) is 10.7. The minimum atomic E-state index is -0.463. The number of rotatable bonds is 6. The molecule has 0 bridgehead atoms. The van der Waals surface area contributed by atoms with Crippen LogP contribution in [0.4, 0.5) is 0 Å². The first-order valence-electron chi connectivity index (χ1n) is 7.91. The maximum atomic E-state index is 12.2. The van der Waals surface area contributed by atoms with Crippen LogP contribution in [0.3, 0.4) is 0 Å². The van der Waals surface area contributed by atoms with Crippen molar-refractivity contribution >= 4 is 28.4 Å². The standard InChI is InChI=1S/C18H25ClN2O2/c1-11(2)17(23)18(3,4)10-21-16(22)7-12-9-20-15-6-5-13(19)8-14(12)15/h5-6,8-9,11,17,20,23H,7,10H2,1-4H3,(H,21,22). The van der Waals surface area contributed by atoms with E-state index in [0.717, 1.165) is 16.5 Å². The van der Waals surface area contributed by atoms with Crippen LogP contribution < -0.4 is 5.32 Å². The Morgan fingerprint density at radius 1 is 1.39 bits per heavy atom. The second kappa shape index (κ2) is 6.93. The summed E-state index contributed by atoms with van der Waals surface area (Å²) in [5.74, 6) is 0.0903. The molecule has 0 saturated carbocycles. The second-order valence-corrected chi connectivity index (χ2v) is 7.57. The van der Waals surface area contributed by atoms with Gasteiger partial charge >= 0.3 is 0 Å². The van der Waals surface area contributed by atoms with E-state index in [2.05, 4.69) is 10.3 Å². The normalized spacial score (nSPS) is 13.5. The average Bonchev–Trinajstić information content (AvgIpc) is 2.86. The number of H-pyrrole nitrogens is 1. The highest BCUT2D eigenvalue weighted by molar-refractivity contribution is 6.31. The Labute approximate surface area is 142 Å². The highest BCUT2D eigenvalue weighted by Crippen LogP contribution is 2.25. The minimum Gasteiger partial charge on any atom is -0.392 e. The number of aliphatic hydroxyl groups excluding tert-OH is 1. The quantitative estimate of drug-likeness (QED) is 0.755. The van der Waals surface area contributed by atoms with Crippen LogP contribution in [0.15, 0.2) is 24.4 Å². The number of halogens is 1. The lowest BCUT2D eigenvalue weighted by molar-refractivity contribution is -0.121. The van der Waals surface area contributed by atoms with Crippen molar-refractivity contribution in [2.45, 2.75) is 40.2 Å². The van der Waals surface area contributed by atoms with Crippen LogP contribution in [-0.2, 0) is 11.2 Å². The lowest BCUT2D eigenvalue weighted by atomic mass is 9.80. The molecule has 0 saturated heterocycles. The molecule has 126 valence electrons. The lowest BCUT2D eigenvalue weighted by Gasteiger charge is -2.33. The van der Waals surface area contributed by atoms with Gasteiger partial charge in [-0.15, -0.1) is 0 Å². The number of hydrogen-bond donors (Lipinski definition) is 3. The maximum Gasteiger partial charge on any atom is 0.224 e. The molecular formula is C18H25ClN2O2. The summed E-state index contributed by atoms with van der Waals surface area (Å²) >= 11 is 6.03. The van der Waals surface area contributed by atoms with Gasteiger partial charge in [-0.2, -0.15) is 0 Å². The number of aromatic nitrogens is 1. The fourth-order valence-corrected chi connectivity index (χ4v) is 3.04. The van der Waals surface area contributed by atoms with Gasteiger partial charge in [0.1, 0.15) is 0 Å². The van der Waals surface area contributed by atoms with Crippen LogP contribution >= 0.6 is 11.6 Å². The van der Waals surface area contributed by atoms with E-state index < -0.39 is 6.10 Å². The van der Waals surface area contributed by atoms with Crippen LogP contribution in [0.5, 0.6) is 0 Å². The molecule has 1 atom stereocenters. The van der Waals surface area contributed by atoms with Gasteiger partial charge in [-0.05, 0) is 29.7 Å². The van der Waals surface area contributed by atoms with Crippen molar-refractivity contribution in [1.82, 2.24) is 10.3 Å². The van der Waals surface area contributed by atoms with Crippen molar-refractivity contribution in [1.29, 1.82) is 0 Å². The topological polar surface area (TPSA) is 65.1 Å². The summed E-state index contributed by atoms with van der Waals surface area (Å²) in [6.45, 7) is 8.31. The van der Waals surface area contributed by atoms with Crippen LogP contribution in [0.25, 0.3) is 10.9 Å². The van der Waals surface area contributed by atoms with Crippen molar-refractivity contribution in [3.8, 4) is 0 Å². The van der Waals surface area contributed by atoms with Gasteiger partial charge in [-0.1, -0.05) is 39.3 Å². The summed E-state index contributed by atoms with van der Waals surface area (Å²) in [4.78, 5) is 15.4. The molecule has 1 amide bonds. The smallest absolute Gasteiger partial charge is 0.224 e. The first kappa shape index (κ1) is 17.8. The molecule has 1 aromatic carbocycles. The molecule has 5 heteroatoms. The number of benzene rings is 1. The minimum absolute atomic E-state index is 0.0603. The van der Waals surface area contributed by atoms with Gasteiger partial charge in [0, 0.05) is 34.1 Å². The van der Waals surface area contributed by atoms with Crippen molar-refractivity contribution in [2.75, 3.05) is 6.54 Å². The Balaban J connectivity index is 2.00. The summed E-state index contributed by atoms with van der Waals surface area (Å²) < 4.78 is 0. The maximum absolute atomic E-state index is 12.2. The van der Waals surface area contributed by atoms with E-state index in [4.69, 9.17) is 11.6 Å². The van der Waals surface area contributed by atoms with E-state index in [9.17, 15) is 9.90 Å². The Morgan fingerprint density at radius 2 is 2.09 bits per heavy atom. The van der Waals surface area contributed by atoms with E-state index in [1.807, 2.05) is 52.1 Å². The number of aliphatic hydroxyl groups is 1. The first-order valence-corrected chi connectivity index (χ1v) is 8.29. The number of aromatic amines is 1. The second-order valence-electron chi connectivity index (χ2n) is 7.13. The molecule has 0 aliphatic heterocycles. The molecule has 0 aliphatic carbocycles. The van der Waals surface area contributed by atoms with Crippen LogP contribution in [-0.4, -0.2) is 28.6 Å². The van der Waals surface area contributed by atoms with E-state index in [1.165, 1.54) is 0 Å². The molecule has 0 spiro atoms. The highest BCUT2D eigenvalue weighted by Gasteiger charge is 2.30. The van der Waals surface area contributed by atoms with Gasteiger partial charge in [0.05, 0.1) is 12.5 Å². The fourth-order valence-electron chi connectivity index (χ4n) is 2.87. The Hall–Kier alpha value is -1.52. The summed E-state index contributed by atoms with van der Waals surface area (Å²) in [5.41, 5.74) is 1.52. The summed E-state index contributed by atoms with van der Waals surface area (Å²) in [7, 11) is 0. The molecular weight excluding hydrogens is 312 g/mol. The summed E-state index contributed by atoms with van der Waals surface area (Å²) in [6, 6.07) is 5.59. The van der Waals surface area contributed by atoms with Gasteiger partial charge in [0.15, 0.2) is 0 Å². The molecule has 2 aromatic rings. The fraction of sp³-hybridized carbons (Fsp3) is 0.500. The molecule has 1 unspecified atom stereocenters. The molecule has 1 heterocycles. The Morgan fingerprint density at radius 3 is 2.74 bits per heavy atom. The van der Waals surface area contributed by atoms with E-state index >= 15 is 0 Å². The van der Waals surface area contributed by atoms with Crippen molar-refractivity contribution in [3.05, 3.63) is 35.0 Å². The third-order valence-electron chi connectivity index (χ3n) is 4.25. The highest BCUT2D eigenvalue weighted by atomic mass is 35.5. The SMILES string of the molecule is CC(C)C(O)C(C)(C)CNC(=O)Cc1c[nH]c2ccc(Cl)cc12. The predicted molar refractivity (Wildman–Crippen MR) is 94.6 cm³/mol. The van der Waals surface area contributed by atoms with Crippen molar-refractivity contribution < 1.29 is 9.90 Å². The van der Waals surface area contributed by atoms with Gasteiger partial charge < -0.3 is 15.4 Å². The molecule has 0 radical (unpaired) electrons. The zero-order valence-corrected chi connectivity index (χ0v) is 14.9. The zero-order valence-electron chi connectivity index (χ0n) is 14.1. The van der Waals surface area contributed by atoms with Gasteiger partial charge in [-0.25, -0.2) is 0 Å². The molecule has 1 aromatic heterocycles. The van der Waals surface area contributed by atoms with Crippen LogP contribution in [0.2, 0.25) is 5.02 Å². The average molecular weight is 337 g/mol. The number of carbonyl (C=O) groups excluding carboxylic acids is 1. The number of nitrogens with one attached hydrogen (secondary N) is 2. The molecule has 2 rings (SSSR count). The van der Waals surface area contributed by atoms with Gasteiger partial charge in [0.25, 0.3) is 0 Å². The third-order valence-corrected chi connectivity index (χ3v) is 4.49. The Bertz CT molecular complexity index is 691. The number of amides is 1. The predicted octanol–water partition coefficient (Wildman–Crippen LogP) is 3.52.